The quantitative estimate of drug-likeness (QED) is 0.872. The Morgan fingerprint density at radius 2 is 2.17 bits per heavy atom. The van der Waals surface area contributed by atoms with E-state index in [1.54, 1.807) is 0 Å². The van der Waals surface area contributed by atoms with Crippen LogP contribution in [0.3, 0.4) is 0 Å². The third-order valence-electron chi connectivity index (χ3n) is 1.83. The number of anilines is 1. The second-order valence-corrected chi connectivity index (χ2v) is 4.37. The molecular formula is C10H13BrF3N3O. The highest BCUT2D eigenvalue weighted by Gasteiger charge is 2.27. The minimum Gasteiger partial charge on any atom is -0.369 e. The fraction of sp³-hybridized carbons (Fsp3) is 0.600. The summed E-state index contributed by atoms with van der Waals surface area (Å²) in [6.07, 6.45) is -1.94. The van der Waals surface area contributed by atoms with E-state index in [0.717, 1.165) is 13.0 Å². The first-order valence-corrected chi connectivity index (χ1v) is 6.11. The highest BCUT2D eigenvalue weighted by molar-refractivity contribution is 9.10. The summed E-state index contributed by atoms with van der Waals surface area (Å²) >= 11 is 3.25. The van der Waals surface area contributed by atoms with Crippen molar-refractivity contribution < 1.29 is 17.9 Å². The second kappa shape index (κ2) is 6.89. The summed E-state index contributed by atoms with van der Waals surface area (Å²) in [7, 11) is 0. The van der Waals surface area contributed by atoms with Gasteiger partial charge in [0, 0.05) is 12.7 Å². The van der Waals surface area contributed by atoms with E-state index in [2.05, 4.69) is 36.0 Å². The molecule has 0 aliphatic heterocycles. The summed E-state index contributed by atoms with van der Waals surface area (Å²) in [5.41, 5.74) is 0. The van der Waals surface area contributed by atoms with Crippen molar-refractivity contribution in [1.29, 1.82) is 0 Å². The first kappa shape index (κ1) is 15.2. The number of nitrogens with zero attached hydrogens (tertiary/aromatic N) is 2. The van der Waals surface area contributed by atoms with Gasteiger partial charge in [0.05, 0.1) is 4.47 Å². The van der Waals surface area contributed by atoms with Crippen LogP contribution in [0.15, 0.2) is 10.7 Å². The molecule has 0 aromatic carbocycles. The fourth-order valence-corrected chi connectivity index (χ4v) is 1.43. The number of halogens is 4. The largest absolute Gasteiger partial charge is 0.411 e. The maximum atomic E-state index is 11.9. The Kier molecular flexibility index (Phi) is 5.80. The Morgan fingerprint density at radius 3 is 2.78 bits per heavy atom. The van der Waals surface area contributed by atoms with Gasteiger partial charge in [0.25, 0.3) is 0 Å². The molecule has 102 valence electrons. The second-order valence-electron chi connectivity index (χ2n) is 3.52. The average Bonchev–Trinajstić information content (AvgIpc) is 2.28. The Morgan fingerprint density at radius 1 is 1.44 bits per heavy atom. The van der Waals surface area contributed by atoms with E-state index in [1.807, 2.05) is 6.92 Å². The van der Waals surface area contributed by atoms with Gasteiger partial charge in [-0.2, -0.15) is 13.2 Å². The SMILES string of the molecule is CCCNc1nc(COCC(F)(F)F)ncc1Br. The number of alkyl halides is 3. The zero-order chi connectivity index (χ0) is 13.6. The number of ether oxygens (including phenoxy) is 1. The predicted octanol–water partition coefficient (Wildman–Crippen LogP) is 3.14. The van der Waals surface area contributed by atoms with Crippen molar-refractivity contribution in [2.75, 3.05) is 18.5 Å². The van der Waals surface area contributed by atoms with Crippen molar-refractivity contribution in [1.82, 2.24) is 9.97 Å². The molecule has 0 aliphatic carbocycles. The van der Waals surface area contributed by atoms with Crippen LogP contribution in [0.2, 0.25) is 0 Å². The van der Waals surface area contributed by atoms with E-state index in [1.165, 1.54) is 6.20 Å². The van der Waals surface area contributed by atoms with E-state index in [-0.39, 0.29) is 12.4 Å². The van der Waals surface area contributed by atoms with E-state index in [9.17, 15) is 13.2 Å². The topological polar surface area (TPSA) is 47.0 Å². The van der Waals surface area contributed by atoms with E-state index >= 15 is 0 Å². The van der Waals surface area contributed by atoms with Crippen LogP contribution in [0.5, 0.6) is 0 Å². The third kappa shape index (κ3) is 5.63. The van der Waals surface area contributed by atoms with Crippen LogP contribution < -0.4 is 5.32 Å². The Bertz CT molecular complexity index is 387. The van der Waals surface area contributed by atoms with Gasteiger partial charge in [-0.3, -0.25) is 0 Å². The molecule has 1 aromatic rings. The predicted molar refractivity (Wildman–Crippen MR) is 64.2 cm³/mol. The van der Waals surface area contributed by atoms with Crippen LogP contribution in [-0.2, 0) is 11.3 Å². The molecule has 1 N–H and O–H groups in total. The number of hydrogen-bond acceptors (Lipinski definition) is 4. The summed E-state index contributed by atoms with van der Waals surface area (Å²) in [6, 6.07) is 0. The van der Waals surface area contributed by atoms with Crippen LogP contribution in [0, 0.1) is 0 Å². The molecule has 0 saturated carbocycles. The van der Waals surface area contributed by atoms with Crippen molar-refractivity contribution in [3.63, 3.8) is 0 Å². The van der Waals surface area contributed by atoms with Gasteiger partial charge >= 0.3 is 6.18 Å². The molecule has 1 rings (SSSR count). The molecular weight excluding hydrogens is 315 g/mol. The van der Waals surface area contributed by atoms with Gasteiger partial charge in [-0.1, -0.05) is 6.92 Å². The molecule has 1 aromatic heterocycles. The molecule has 0 fully saturated rings. The standard InChI is InChI=1S/C10H13BrF3N3O/c1-2-3-15-9-7(11)4-16-8(17-9)5-18-6-10(12,13)14/h4H,2-3,5-6H2,1H3,(H,15,16,17). The number of hydrogen-bond donors (Lipinski definition) is 1. The van der Waals surface area contributed by atoms with Gasteiger partial charge in [-0.25, -0.2) is 9.97 Å². The van der Waals surface area contributed by atoms with Crippen molar-refractivity contribution in [3.8, 4) is 0 Å². The molecule has 0 aliphatic rings. The zero-order valence-corrected chi connectivity index (χ0v) is 11.3. The molecule has 0 unspecified atom stereocenters. The summed E-state index contributed by atoms with van der Waals surface area (Å²) < 4.78 is 40.8. The van der Waals surface area contributed by atoms with Crippen molar-refractivity contribution in [3.05, 3.63) is 16.5 Å². The number of aromatic nitrogens is 2. The normalized spacial score (nSPS) is 11.6. The van der Waals surface area contributed by atoms with E-state index < -0.39 is 12.8 Å². The molecule has 4 nitrogen and oxygen atoms in total. The number of nitrogens with one attached hydrogen (secondary N) is 1. The smallest absolute Gasteiger partial charge is 0.369 e. The third-order valence-corrected chi connectivity index (χ3v) is 2.41. The van der Waals surface area contributed by atoms with Gasteiger partial charge in [0.2, 0.25) is 0 Å². The Balaban J connectivity index is 2.56. The van der Waals surface area contributed by atoms with Crippen LogP contribution >= 0.6 is 15.9 Å². The molecule has 0 amide bonds. The van der Waals surface area contributed by atoms with Crippen molar-refractivity contribution in [2.45, 2.75) is 26.1 Å². The summed E-state index contributed by atoms with van der Waals surface area (Å²) in [4.78, 5) is 7.94. The minimum atomic E-state index is -4.33. The minimum absolute atomic E-state index is 0.209. The average molecular weight is 328 g/mol. The lowest BCUT2D eigenvalue weighted by Crippen LogP contribution is -2.17. The van der Waals surface area contributed by atoms with Gasteiger partial charge in [-0.15, -0.1) is 0 Å². The molecule has 18 heavy (non-hydrogen) atoms. The van der Waals surface area contributed by atoms with E-state index in [0.29, 0.717) is 10.3 Å². The van der Waals surface area contributed by atoms with Gasteiger partial charge in [0.15, 0.2) is 5.82 Å². The lowest BCUT2D eigenvalue weighted by Gasteiger charge is -2.09. The monoisotopic (exact) mass is 327 g/mol. The fourth-order valence-electron chi connectivity index (χ4n) is 1.10. The Hall–Kier alpha value is -0.890. The summed E-state index contributed by atoms with van der Waals surface area (Å²) in [5.74, 6) is 0.763. The first-order valence-electron chi connectivity index (χ1n) is 5.32. The van der Waals surface area contributed by atoms with Crippen LogP contribution in [-0.4, -0.2) is 29.3 Å². The number of rotatable bonds is 6. The highest BCUT2D eigenvalue weighted by Crippen LogP contribution is 2.19. The molecule has 0 atom stereocenters. The van der Waals surface area contributed by atoms with Crippen LogP contribution in [0.4, 0.5) is 19.0 Å². The molecule has 1 heterocycles. The van der Waals surface area contributed by atoms with Crippen molar-refractivity contribution in [2.24, 2.45) is 0 Å². The molecule has 0 radical (unpaired) electrons. The highest BCUT2D eigenvalue weighted by atomic mass is 79.9. The van der Waals surface area contributed by atoms with Crippen molar-refractivity contribution >= 4 is 21.7 Å². The maximum absolute atomic E-state index is 11.9. The lowest BCUT2D eigenvalue weighted by molar-refractivity contribution is -0.177. The summed E-state index contributed by atoms with van der Waals surface area (Å²) in [6.45, 7) is 1.14. The lowest BCUT2D eigenvalue weighted by atomic mass is 10.4. The van der Waals surface area contributed by atoms with Gasteiger partial charge in [-0.05, 0) is 22.4 Å². The van der Waals surface area contributed by atoms with Crippen LogP contribution in [0.1, 0.15) is 19.2 Å². The first-order chi connectivity index (χ1) is 8.42. The molecule has 8 heteroatoms. The van der Waals surface area contributed by atoms with Gasteiger partial charge < -0.3 is 10.1 Å². The van der Waals surface area contributed by atoms with Gasteiger partial charge in [0.1, 0.15) is 19.0 Å². The molecule has 0 saturated heterocycles. The van der Waals surface area contributed by atoms with E-state index in [4.69, 9.17) is 0 Å². The zero-order valence-electron chi connectivity index (χ0n) is 9.72. The molecule has 0 bridgehead atoms. The Labute approximate surface area is 111 Å². The molecule has 0 spiro atoms. The summed E-state index contributed by atoms with van der Waals surface area (Å²) in [5, 5.41) is 3.03. The van der Waals surface area contributed by atoms with Crippen LogP contribution in [0.25, 0.3) is 0 Å². The maximum Gasteiger partial charge on any atom is 0.411 e.